The van der Waals surface area contributed by atoms with E-state index in [2.05, 4.69) is 11.9 Å². The van der Waals surface area contributed by atoms with Crippen molar-refractivity contribution in [3.63, 3.8) is 0 Å². The van der Waals surface area contributed by atoms with Crippen molar-refractivity contribution >= 4 is 23.2 Å². The van der Waals surface area contributed by atoms with Crippen molar-refractivity contribution in [3.8, 4) is 5.75 Å². The fourth-order valence-corrected chi connectivity index (χ4v) is 1.70. The van der Waals surface area contributed by atoms with E-state index < -0.39 is 0 Å². The number of benzene rings is 1. The standard InChI is InChI=1S/C12H15Cl2NO/c1-4-8(2)15-7-9-5-11(14)12(16-3)6-10(9)13/h4-6,8,15H,1,7H2,2-3H3. The number of methoxy groups -OCH3 is 1. The Morgan fingerprint density at radius 2 is 2.12 bits per heavy atom. The largest absolute Gasteiger partial charge is 0.495 e. The lowest BCUT2D eigenvalue weighted by atomic mass is 10.2. The van der Waals surface area contributed by atoms with E-state index in [0.717, 1.165) is 5.56 Å². The van der Waals surface area contributed by atoms with E-state index in [1.54, 1.807) is 13.2 Å². The number of rotatable bonds is 5. The molecule has 88 valence electrons. The molecule has 0 amide bonds. The zero-order valence-corrected chi connectivity index (χ0v) is 10.9. The summed E-state index contributed by atoms with van der Waals surface area (Å²) < 4.78 is 5.07. The number of ether oxygens (including phenoxy) is 1. The molecular weight excluding hydrogens is 245 g/mol. The fraction of sp³-hybridized carbons (Fsp3) is 0.333. The van der Waals surface area contributed by atoms with Gasteiger partial charge in [-0.1, -0.05) is 29.3 Å². The second-order valence-corrected chi connectivity index (χ2v) is 4.30. The van der Waals surface area contributed by atoms with Crippen molar-refractivity contribution in [3.05, 3.63) is 40.4 Å². The van der Waals surface area contributed by atoms with Gasteiger partial charge in [-0.3, -0.25) is 0 Å². The fourth-order valence-electron chi connectivity index (χ4n) is 1.22. The van der Waals surface area contributed by atoms with Gasteiger partial charge in [-0.25, -0.2) is 0 Å². The molecule has 0 fully saturated rings. The third-order valence-corrected chi connectivity index (χ3v) is 2.94. The molecule has 0 radical (unpaired) electrons. The van der Waals surface area contributed by atoms with Crippen LogP contribution in [0.15, 0.2) is 24.8 Å². The Morgan fingerprint density at radius 3 is 2.69 bits per heavy atom. The summed E-state index contributed by atoms with van der Waals surface area (Å²) in [5.41, 5.74) is 0.946. The third-order valence-electron chi connectivity index (χ3n) is 2.29. The maximum absolute atomic E-state index is 6.10. The molecule has 0 aliphatic rings. The second-order valence-electron chi connectivity index (χ2n) is 3.48. The highest BCUT2D eigenvalue weighted by atomic mass is 35.5. The van der Waals surface area contributed by atoms with Gasteiger partial charge in [0.2, 0.25) is 0 Å². The number of halogens is 2. The molecule has 0 aliphatic carbocycles. The Kier molecular flexibility index (Phi) is 5.13. The van der Waals surface area contributed by atoms with E-state index in [4.69, 9.17) is 27.9 Å². The lowest BCUT2D eigenvalue weighted by Crippen LogP contribution is -2.23. The molecule has 0 saturated heterocycles. The number of nitrogens with one attached hydrogen (secondary N) is 1. The first-order valence-corrected chi connectivity index (χ1v) is 5.72. The molecule has 1 aromatic rings. The van der Waals surface area contributed by atoms with Gasteiger partial charge in [0.15, 0.2) is 0 Å². The van der Waals surface area contributed by atoms with Crippen molar-refractivity contribution in [2.75, 3.05) is 7.11 Å². The molecule has 2 nitrogen and oxygen atoms in total. The Morgan fingerprint density at radius 1 is 1.44 bits per heavy atom. The lowest BCUT2D eigenvalue weighted by Gasteiger charge is -2.12. The molecule has 1 N–H and O–H groups in total. The topological polar surface area (TPSA) is 21.3 Å². The summed E-state index contributed by atoms with van der Waals surface area (Å²) >= 11 is 12.1. The summed E-state index contributed by atoms with van der Waals surface area (Å²) in [6.45, 7) is 6.37. The van der Waals surface area contributed by atoms with E-state index in [0.29, 0.717) is 22.3 Å². The smallest absolute Gasteiger partial charge is 0.138 e. The molecule has 1 atom stereocenters. The van der Waals surface area contributed by atoms with E-state index in [-0.39, 0.29) is 6.04 Å². The van der Waals surface area contributed by atoms with Gasteiger partial charge in [0, 0.05) is 23.7 Å². The summed E-state index contributed by atoms with van der Waals surface area (Å²) in [7, 11) is 1.56. The van der Waals surface area contributed by atoms with Gasteiger partial charge in [0.25, 0.3) is 0 Å². The number of hydrogen-bond acceptors (Lipinski definition) is 2. The summed E-state index contributed by atoms with van der Waals surface area (Å²) in [5, 5.41) is 4.46. The zero-order chi connectivity index (χ0) is 12.1. The minimum absolute atomic E-state index is 0.233. The Bertz CT molecular complexity index is 380. The zero-order valence-electron chi connectivity index (χ0n) is 9.39. The molecule has 4 heteroatoms. The first-order chi connectivity index (χ1) is 7.58. The highest BCUT2D eigenvalue weighted by Crippen LogP contribution is 2.30. The Balaban J connectivity index is 2.81. The van der Waals surface area contributed by atoms with Crippen LogP contribution in [0.5, 0.6) is 5.75 Å². The van der Waals surface area contributed by atoms with Crippen LogP contribution in [0.2, 0.25) is 10.0 Å². The Labute approximate surface area is 106 Å². The van der Waals surface area contributed by atoms with Crippen LogP contribution in [-0.4, -0.2) is 13.2 Å². The van der Waals surface area contributed by atoms with E-state index in [1.165, 1.54) is 0 Å². The van der Waals surface area contributed by atoms with Gasteiger partial charge < -0.3 is 10.1 Å². The molecule has 0 heterocycles. The van der Waals surface area contributed by atoms with E-state index in [1.807, 2.05) is 19.1 Å². The third kappa shape index (κ3) is 3.41. The predicted octanol–water partition coefficient (Wildman–Crippen LogP) is 3.67. The molecule has 16 heavy (non-hydrogen) atoms. The van der Waals surface area contributed by atoms with Gasteiger partial charge in [0.05, 0.1) is 12.1 Å². The van der Waals surface area contributed by atoms with Crippen molar-refractivity contribution < 1.29 is 4.74 Å². The molecule has 1 unspecified atom stereocenters. The number of hydrogen-bond donors (Lipinski definition) is 1. The van der Waals surface area contributed by atoms with Crippen LogP contribution in [0.1, 0.15) is 12.5 Å². The lowest BCUT2D eigenvalue weighted by molar-refractivity contribution is 0.415. The van der Waals surface area contributed by atoms with E-state index >= 15 is 0 Å². The summed E-state index contributed by atoms with van der Waals surface area (Å²) in [4.78, 5) is 0. The van der Waals surface area contributed by atoms with Gasteiger partial charge in [-0.05, 0) is 18.6 Å². The maximum Gasteiger partial charge on any atom is 0.138 e. The van der Waals surface area contributed by atoms with Crippen LogP contribution >= 0.6 is 23.2 Å². The quantitative estimate of drug-likeness (QED) is 0.815. The first kappa shape index (κ1) is 13.4. The van der Waals surface area contributed by atoms with Crippen molar-refractivity contribution in [1.82, 2.24) is 5.32 Å². The average molecular weight is 260 g/mol. The average Bonchev–Trinajstić information content (AvgIpc) is 2.29. The van der Waals surface area contributed by atoms with E-state index in [9.17, 15) is 0 Å². The minimum Gasteiger partial charge on any atom is -0.495 e. The molecule has 1 rings (SSSR count). The maximum atomic E-state index is 6.10. The normalized spacial score (nSPS) is 12.2. The summed E-state index contributed by atoms with van der Waals surface area (Å²) in [6, 6.07) is 3.77. The minimum atomic E-state index is 0.233. The molecule has 1 aromatic carbocycles. The van der Waals surface area contributed by atoms with Crippen molar-refractivity contribution in [2.45, 2.75) is 19.5 Å². The summed E-state index contributed by atoms with van der Waals surface area (Å²) in [5.74, 6) is 0.590. The second kappa shape index (κ2) is 6.14. The molecule has 0 bridgehead atoms. The molecule has 0 aliphatic heterocycles. The van der Waals surface area contributed by atoms with Crippen LogP contribution in [0.25, 0.3) is 0 Å². The molecule has 0 spiro atoms. The van der Waals surface area contributed by atoms with Crippen LogP contribution in [0, 0.1) is 0 Å². The van der Waals surface area contributed by atoms with Crippen molar-refractivity contribution in [2.24, 2.45) is 0 Å². The van der Waals surface area contributed by atoms with Crippen LogP contribution in [-0.2, 0) is 6.54 Å². The monoisotopic (exact) mass is 259 g/mol. The van der Waals surface area contributed by atoms with Crippen LogP contribution in [0.3, 0.4) is 0 Å². The molecule has 0 saturated carbocycles. The highest BCUT2D eigenvalue weighted by Gasteiger charge is 2.08. The highest BCUT2D eigenvalue weighted by molar-refractivity contribution is 6.34. The molecular formula is C12H15Cl2NO. The van der Waals surface area contributed by atoms with Gasteiger partial charge in [0.1, 0.15) is 5.75 Å². The molecule has 0 aromatic heterocycles. The van der Waals surface area contributed by atoms with Gasteiger partial charge >= 0.3 is 0 Å². The van der Waals surface area contributed by atoms with Crippen molar-refractivity contribution in [1.29, 1.82) is 0 Å². The predicted molar refractivity (Wildman–Crippen MR) is 69.5 cm³/mol. The Hall–Kier alpha value is -0.700. The van der Waals surface area contributed by atoms with Crippen LogP contribution < -0.4 is 10.1 Å². The first-order valence-electron chi connectivity index (χ1n) is 4.96. The van der Waals surface area contributed by atoms with Gasteiger partial charge in [-0.15, -0.1) is 6.58 Å². The van der Waals surface area contributed by atoms with Crippen LogP contribution in [0.4, 0.5) is 0 Å². The SMILES string of the molecule is C=CC(C)NCc1cc(Cl)c(OC)cc1Cl. The summed E-state index contributed by atoms with van der Waals surface area (Å²) in [6.07, 6.45) is 1.83. The van der Waals surface area contributed by atoms with Gasteiger partial charge in [-0.2, -0.15) is 0 Å².